The summed E-state index contributed by atoms with van der Waals surface area (Å²) in [4.78, 5) is 4.47. The number of hydrogen-bond acceptors (Lipinski definition) is 5. The van der Waals surface area contributed by atoms with Gasteiger partial charge in [0.05, 0.1) is 17.6 Å². The Morgan fingerprint density at radius 2 is 2.04 bits per heavy atom. The van der Waals surface area contributed by atoms with Gasteiger partial charge < -0.3 is 24.5 Å². The van der Waals surface area contributed by atoms with Crippen molar-refractivity contribution in [2.24, 2.45) is 7.05 Å². The van der Waals surface area contributed by atoms with Crippen LogP contribution in [0.25, 0.3) is 0 Å². The fraction of sp³-hybridized carbons (Fsp3) is 0.286. The van der Waals surface area contributed by atoms with Gasteiger partial charge in [0.15, 0.2) is 0 Å². The van der Waals surface area contributed by atoms with Gasteiger partial charge in [-0.15, -0.1) is 0 Å². The number of aliphatic hydroxyl groups is 1. The van der Waals surface area contributed by atoms with Crippen molar-refractivity contribution in [3.05, 3.63) is 76.8 Å². The second-order valence-electron chi connectivity index (χ2n) is 6.41. The summed E-state index contributed by atoms with van der Waals surface area (Å²) in [7, 11) is 3.59. The minimum atomic E-state index is -0.680. The summed E-state index contributed by atoms with van der Waals surface area (Å²) in [6.07, 6.45) is 2.98. The van der Waals surface area contributed by atoms with Gasteiger partial charge in [0.2, 0.25) is 0 Å². The monoisotopic (exact) mass is 445 g/mol. The number of imidazole rings is 1. The molecule has 0 spiro atoms. The lowest BCUT2D eigenvalue weighted by Gasteiger charge is -2.22. The first-order valence-electron chi connectivity index (χ1n) is 8.98. The van der Waals surface area contributed by atoms with E-state index in [0.29, 0.717) is 12.3 Å². The molecule has 2 N–H and O–H groups in total. The van der Waals surface area contributed by atoms with E-state index in [4.69, 9.17) is 9.47 Å². The number of aliphatic hydroxyl groups excluding tert-OH is 1. The molecule has 6 nitrogen and oxygen atoms in total. The first-order valence-corrected chi connectivity index (χ1v) is 9.77. The van der Waals surface area contributed by atoms with Crippen LogP contribution in [0.3, 0.4) is 0 Å². The van der Waals surface area contributed by atoms with Crippen LogP contribution in [0.15, 0.2) is 65.4 Å². The molecule has 2 aromatic carbocycles. The number of aryl methyl sites for hydroxylation is 1. The highest BCUT2D eigenvalue weighted by Crippen LogP contribution is 2.25. The minimum absolute atomic E-state index is 0.182. The molecule has 0 aliphatic rings. The number of nitrogens with one attached hydrogen (secondary N) is 1. The summed E-state index contributed by atoms with van der Waals surface area (Å²) in [5, 5.41) is 13.8. The Morgan fingerprint density at radius 1 is 1.21 bits per heavy atom. The zero-order valence-electron chi connectivity index (χ0n) is 15.9. The molecular weight excluding hydrogens is 422 g/mol. The molecule has 0 amide bonds. The van der Waals surface area contributed by atoms with Crippen molar-refractivity contribution in [2.45, 2.75) is 12.1 Å². The highest BCUT2D eigenvalue weighted by Gasteiger charge is 2.20. The second-order valence-corrected chi connectivity index (χ2v) is 7.26. The third-order valence-corrected chi connectivity index (χ3v) is 5.02. The van der Waals surface area contributed by atoms with E-state index in [1.807, 2.05) is 66.3 Å². The molecule has 148 valence electrons. The molecule has 0 saturated heterocycles. The molecule has 0 aliphatic heterocycles. The number of hydrogen-bond donors (Lipinski definition) is 2. The topological polar surface area (TPSA) is 68.5 Å². The maximum atomic E-state index is 10.4. The highest BCUT2D eigenvalue weighted by atomic mass is 79.9. The molecule has 0 aliphatic carbocycles. The molecule has 0 saturated carbocycles. The lowest BCUT2D eigenvalue weighted by Crippen LogP contribution is -2.35. The van der Waals surface area contributed by atoms with Crippen LogP contribution >= 0.6 is 15.9 Å². The zero-order chi connectivity index (χ0) is 19.9. The number of methoxy groups -OCH3 is 1. The van der Waals surface area contributed by atoms with Crippen LogP contribution in [0.4, 0.5) is 0 Å². The summed E-state index contributed by atoms with van der Waals surface area (Å²) in [6.45, 7) is 0.528. The Morgan fingerprint density at radius 3 is 2.75 bits per heavy atom. The average molecular weight is 446 g/mol. The van der Waals surface area contributed by atoms with E-state index in [-0.39, 0.29) is 12.6 Å². The zero-order valence-corrected chi connectivity index (χ0v) is 17.5. The molecule has 3 aromatic rings. The minimum Gasteiger partial charge on any atom is -0.497 e. The number of aromatic nitrogens is 2. The van der Waals surface area contributed by atoms with E-state index >= 15 is 0 Å². The van der Waals surface area contributed by atoms with Crippen LogP contribution in [0.2, 0.25) is 0 Å². The third-order valence-electron chi connectivity index (χ3n) is 4.37. The molecule has 1 aromatic heterocycles. The fourth-order valence-corrected chi connectivity index (χ4v) is 3.29. The van der Waals surface area contributed by atoms with Crippen LogP contribution in [0.5, 0.6) is 11.5 Å². The SMILES string of the molecule is COc1cccc(C(NCC(O)COc2ccccc2Br)c2nccn2C)c1. The van der Waals surface area contributed by atoms with Crippen molar-refractivity contribution < 1.29 is 14.6 Å². The summed E-state index contributed by atoms with van der Waals surface area (Å²) in [5.41, 5.74) is 1.01. The van der Waals surface area contributed by atoms with Crippen molar-refractivity contribution in [2.75, 3.05) is 20.3 Å². The van der Waals surface area contributed by atoms with Crippen LogP contribution in [0, 0.1) is 0 Å². The van der Waals surface area contributed by atoms with Crippen molar-refractivity contribution in [3.8, 4) is 11.5 Å². The van der Waals surface area contributed by atoms with E-state index < -0.39 is 6.10 Å². The van der Waals surface area contributed by atoms with Gasteiger partial charge in [-0.25, -0.2) is 4.98 Å². The van der Waals surface area contributed by atoms with Crippen LogP contribution < -0.4 is 14.8 Å². The van der Waals surface area contributed by atoms with Gasteiger partial charge in [0.1, 0.15) is 30.0 Å². The van der Waals surface area contributed by atoms with Crippen molar-refractivity contribution >= 4 is 15.9 Å². The fourth-order valence-electron chi connectivity index (χ4n) is 2.90. The highest BCUT2D eigenvalue weighted by molar-refractivity contribution is 9.10. The van der Waals surface area contributed by atoms with Crippen LogP contribution in [-0.2, 0) is 7.05 Å². The molecule has 0 bridgehead atoms. The number of halogens is 1. The Hall–Kier alpha value is -2.35. The maximum Gasteiger partial charge on any atom is 0.133 e. The second kappa shape index (κ2) is 9.73. The van der Waals surface area contributed by atoms with E-state index in [2.05, 4.69) is 26.2 Å². The summed E-state index contributed by atoms with van der Waals surface area (Å²) in [5.74, 6) is 2.33. The molecule has 3 rings (SSSR count). The number of ether oxygens (including phenoxy) is 2. The van der Waals surface area contributed by atoms with E-state index in [1.165, 1.54) is 0 Å². The molecule has 28 heavy (non-hydrogen) atoms. The molecule has 2 unspecified atom stereocenters. The predicted molar refractivity (Wildman–Crippen MR) is 112 cm³/mol. The first kappa shape index (κ1) is 20.4. The normalized spacial score (nSPS) is 13.1. The number of rotatable bonds is 9. The lowest BCUT2D eigenvalue weighted by molar-refractivity contribution is 0.104. The van der Waals surface area contributed by atoms with Crippen LogP contribution in [0.1, 0.15) is 17.4 Å². The Kier molecular flexibility index (Phi) is 7.08. The Balaban J connectivity index is 1.68. The lowest BCUT2D eigenvalue weighted by atomic mass is 10.1. The summed E-state index contributed by atoms with van der Waals surface area (Å²) < 4.78 is 13.9. The van der Waals surface area contributed by atoms with Crippen molar-refractivity contribution in [1.29, 1.82) is 0 Å². The van der Waals surface area contributed by atoms with Crippen molar-refractivity contribution in [3.63, 3.8) is 0 Å². The number of nitrogens with zero attached hydrogens (tertiary/aromatic N) is 2. The maximum absolute atomic E-state index is 10.4. The van der Waals surface area contributed by atoms with E-state index in [0.717, 1.165) is 21.6 Å². The molecular formula is C21H24BrN3O3. The molecule has 1 heterocycles. The Bertz CT molecular complexity index is 900. The smallest absolute Gasteiger partial charge is 0.133 e. The van der Waals surface area contributed by atoms with Gasteiger partial charge in [0.25, 0.3) is 0 Å². The third kappa shape index (κ3) is 5.13. The average Bonchev–Trinajstić information content (AvgIpc) is 3.13. The quantitative estimate of drug-likeness (QED) is 0.528. The van der Waals surface area contributed by atoms with Gasteiger partial charge in [-0.05, 0) is 45.8 Å². The Labute approximate surface area is 173 Å². The van der Waals surface area contributed by atoms with Gasteiger partial charge in [0, 0.05) is 26.0 Å². The number of benzene rings is 2. The van der Waals surface area contributed by atoms with Crippen LogP contribution in [-0.4, -0.2) is 41.0 Å². The van der Waals surface area contributed by atoms with Gasteiger partial charge in [-0.3, -0.25) is 0 Å². The largest absolute Gasteiger partial charge is 0.497 e. The van der Waals surface area contributed by atoms with Crippen molar-refractivity contribution in [1.82, 2.24) is 14.9 Å². The molecule has 7 heteroatoms. The first-order chi connectivity index (χ1) is 13.6. The summed E-state index contributed by atoms with van der Waals surface area (Å²) >= 11 is 3.44. The van der Waals surface area contributed by atoms with E-state index in [9.17, 15) is 5.11 Å². The predicted octanol–water partition coefficient (Wildman–Crippen LogP) is 3.31. The molecule has 0 radical (unpaired) electrons. The molecule has 0 fully saturated rings. The van der Waals surface area contributed by atoms with Gasteiger partial charge in [-0.2, -0.15) is 0 Å². The van der Waals surface area contributed by atoms with Gasteiger partial charge >= 0.3 is 0 Å². The summed E-state index contributed by atoms with van der Waals surface area (Å²) in [6, 6.07) is 15.2. The number of para-hydroxylation sites is 1. The van der Waals surface area contributed by atoms with Gasteiger partial charge in [-0.1, -0.05) is 24.3 Å². The van der Waals surface area contributed by atoms with E-state index in [1.54, 1.807) is 13.3 Å². The molecule has 2 atom stereocenters. The standard InChI is InChI=1S/C21H24BrN3O3/c1-25-11-10-23-21(25)20(15-6-5-7-17(12-15)27-2)24-13-16(26)14-28-19-9-4-3-8-18(19)22/h3-12,16,20,24,26H,13-14H2,1-2H3.